The van der Waals surface area contributed by atoms with Gasteiger partial charge in [-0.15, -0.1) is 24.0 Å². The number of guanidine groups is 1. The number of rotatable bonds is 9. The van der Waals surface area contributed by atoms with Gasteiger partial charge in [-0.3, -0.25) is 4.79 Å². The van der Waals surface area contributed by atoms with Gasteiger partial charge in [0.05, 0.1) is 19.7 Å². The summed E-state index contributed by atoms with van der Waals surface area (Å²) < 4.78 is 5.94. The Morgan fingerprint density at radius 2 is 1.79 bits per heavy atom. The van der Waals surface area contributed by atoms with Gasteiger partial charge in [0, 0.05) is 17.8 Å². The second kappa shape index (κ2) is 12.3. The lowest BCUT2D eigenvalue weighted by Crippen LogP contribution is -2.41. The zero-order chi connectivity index (χ0) is 19.6. The van der Waals surface area contributed by atoms with E-state index in [-0.39, 0.29) is 36.4 Å². The molecule has 3 N–H and O–H groups in total. The molecule has 1 aliphatic carbocycles. The van der Waals surface area contributed by atoms with Crippen molar-refractivity contribution in [2.75, 3.05) is 25.0 Å². The first-order valence-corrected chi connectivity index (χ1v) is 9.82. The number of anilines is 1. The molecule has 0 bridgehead atoms. The molecule has 6 nitrogen and oxygen atoms in total. The number of hydrogen-bond donors (Lipinski definition) is 3. The Balaban J connectivity index is 0.00000300. The molecule has 2 aromatic rings. The zero-order valence-electron chi connectivity index (χ0n) is 16.7. The van der Waals surface area contributed by atoms with Crippen molar-refractivity contribution in [1.29, 1.82) is 0 Å². The lowest BCUT2D eigenvalue weighted by atomic mass is 10.2. The van der Waals surface area contributed by atoms with Crippen molar-refractivity contribution in [2.24, 2.45) is 10.9 Å². The summed E-state index contributed by atoms with van der Waals surface area (Å²) in [5, 5.41) is 9.10. The number of amides is 1. The van der Waals surface area contributed by atoms with Gasteiger partial charge in [0.2, 0.25) is 5.91 Å². The molecule has 3 rings (SSSR count). The highest BCUT2D eigenvalue weighted by atomic mass is 127. The quantitative estimate of drug-likeness (QED) is 0.274. The molecule has 2 aromatic carbocycles. The minimum atomic E-state index is -0.120. The molecule has 1 saturated carbocycles. The van der Waals surface area contributed by atoms with Crippen LogP contribution in [0.2, 0.25) is 0 Å². The van der Waals surface area contributed by atoms with Crippen LogP contribution in [-0.2, 0) is 11.3 Å². The van der Waals surface area contributed by atoms with E-state index in [1.165, 1.54) is 12.8 Å². The number of carbonyl (C=O) groups is 1. The number of carbonyl (C=O) groups excluding carboxylic acids is 1. The monoisotopic (exact) mass is 508 g/mol. The molecule has 29 heavy (non-hydrogen) atoms. The number of para-hydroxylation sites is 2. The van der Waals surface area contributed by atoms with Gasteiger partial charge in [-0.05, 0) is 43.9 Å². The third-order valence-corrected chi connectivity index (χ3v) is 4.37. The Morgan fingerprint density at radius 1 is 1.07 bits per heavy atom. The third kappa shape index (κ3) is 8.31. The van der Waals surface area contributed by atoms with Gasteiger partial charge in [0.1, 0.15) is 5.75 Å². The van der Waals surface area contributed by atoms with Gasteiger partial charge < -0.3 is 20.7 Å². The summed E-state index contributed by atoms with van der Waals surface area (Å²) in [6.45, 7) is 4.11. The number of halogens is 1. The van der Waals surface area contributed by atoms with Gasteiger partial charge in [-0.25, -0.2) is 4.99 Å². The second-order valence-corrected chi connectivity index (χ2v) is 6.83. The lowest BCUT2D eigenvalue weighted by molar-refractivity contribution is -0.115. The number of nitrogens with one attached hydrogen (secondary N) is 3. The number of aliphatic imine (C=N–C) groups is 1. The highest BCUT2D eigenvalue weighted by Gasteiger charge is 2.22. The van der Waals surface area contributed by atoms with E-state index in [9.17, 15) is 4.79 Å². The molecule has 156 valence electrons. The van der Waals surface area contributed by atoms with E-state index in [1.54, 1.807) is 0 Å². The summed E-state index contributed by atoms with van der Waals surface area (Å²) in [4.78, 5) is 16.7. The van der Waals surface area contributed by atoms with Crippen molar-refractivity contribution in [1.82, 2.24) is 10.6 Å². The fraction of sp³-hybridized carbons (Fsp3) is 0.364. The molecular formula is C22H29IN4O2. The molecule has 1 aliphatic rings. The van der Waals surface area contributed by atoms with Gasteiger partial charge in [0.25, 0.3) is 0 Å². The molecule has 0 aromatic heterocycles. The van der Waals surface area contributed by atoms with Gasteiger partial charge in [-0.2, -0.15) is 0 Å². The first kappa shape index (κ1) is 23.0. The standard InChI is InChI=1S/C22H28N4O2.HI/c1-2-23-22(25-15-21(27)26-19-9-4-3-5-10-19)24-14-18-8-6-7-11-20(18)28-16-17-12-13-17;/h3-11,17H,2,12-16H2,1H3,(H,26,27)(H2,23,24,25);1H. The Kier molecular flexibility index (Phi) is 9.76. The molecule has 0 atom stereocenters. The number of benzene rings is 2. The van der Waals surface area contributed by atoms with Crippen LogP contribution in [-0.4, -0.2) is 31.6 Å². The summed E-state index contributed by atoms with van der Waals surface area (Å²) in [6.07, 6.45) is 2.53. The average Bonchev–Trinajstić information content (AvgIpc) is 3.54. The molecule has 1 amide bonds. The molecule has 7 heteroatoms. The summed E-state index contributed by atoms with van der Waals surface area (Å²) in [5.74, 6) is 2.07. The van der Waals surface area contributed by atoms with Crippen LogP contribution in [0.1, 0.15) is 25.3 Å². The van der Waals surface area contributed by atoms with Crippen LogP contribution in [0.25, 0.3) is 0 Å². The highest BCUT2D eigenvalue weighted by Crippen LogP contribution is 2.30. The average molecular weight is 508 g/mol. The Labute approximate surface area is 189 Å². The first-order chi connectivity index (χ1) is 13.7. The zero-order valence-corrected chi connectivity index (χ0v) is 19.0. The molecule has 0 spiro atoms. The molecule has 0 heterocycles. The maximum atomic E-state index is 12.1. The predicted molar refractivity (Wildman–Crippen MR) is 128 cm³/mol. The van der Waals surface area contributed by atoms with Crippen LogP contribution in [0.15, 0.2) is 59.6 Å². The van der Waals surface area contributed by atoms with Gasteiger partial charge in [0.15, 0.2) is 5.96 Å². The normalized spacial score (nSPS) is 13.2. The maximum Gasteiger partial charge on any atom is 0.243 e. The van der Waals surface area contributed by atoms with E-state index in [2.05, 4.69) is 20.9 Å². The van der Waals surface area contributed by atoms with E-state index >= 15 is 0 Å². The Hall–Kier alpha value is -2.29. The van der Waals surface area contributed by atoms with E-state index in [0.717, 1.165) is 23.6 Å². The van der Waals surface area contributed by atoms with Crippen LogP contribution < -0.4 is 20.7 Å². The second-order valence-electron chi connectivity index (χ2n) is 6.83. The fourth-order valence-electron chi connectivity index (χ4n) is 2.66. The van der Waals surface area contributed by atoms with Crippen LogP contribution in [0.3, 0.4) is 0 Å². The van der Waals surface area contributed by atoms with E-state index in [4.69, 9.17) is 4.74 Å². The minimum Gasteiger partial charge on any atom is -0.493 e. The fourth-order valence-corrected chi connectivity index (χ4v) is 2.66. The highest BCUT2D eigenvalue weighted by molar-refractivity contribution is 14.0. The van der Waals surface area contributed by atoms with Crippen molar-refractivity contribution in [2.45, 2.75) is 26.3 Å². The summed E-state index contributed by atoms with van der Waals surface area (Å²) in [5.41, 5.74) is 1.81. The van der Waals surface area contributed by atoms with Crippen molar-refractivity contribution < 1.29 is 9.53 Å². The molecule has 1 fully saturated rings. The smallest absolute Gasteiger partial charge is 0.243 e. The van der Waals surface area contributed by atoms with E-state index in [1.807, 2.05) is 61.5 Å². The third-order valence-electron chi connectivity index (χ3n) is 4.37. The lowest BCUT2D eigenvalue weighted by Gasteiger charge is -2.13. The number of hydrogen-bond acceptors (Lipinski definition) is 3. The number of nitrogens with zero attached hydrogens (tertiary/aromatic N) is 1. The maximum absolute atomic E-state index is 12.1. The minimum absolute atomic E-state index is 0. The molecule has 0 aliphatic heterocycles. The molecular weight excluding hydrogens is 479 g/mol. The summed E-state index contributed by atoms with van der Waals surface area (Å²) in [7, 11) is 0. The van der Waals surface area contributed by atoms with E-state index in [0.29, 0.717) is 25.0 Å². The SMILES string of the molecule is CCNC(=NCc1ccccc1OCC1CC1)NCC(=O)Nc1ccccc1.I. The van der Waals surface area contributed by atoms with Crippen molar-refractivity contribution >= 4 is 41.5 Å². The van der Waals surface area contributed by atoms with Crippen LogP contribution >= 0.6 is 24.0 Å². The largest absolute Gasteiger partial charge is 0.493 e. The molecule has 0 radical (unpaired) electrons. The van der Waals surface area contributed by atoms with E-state index < -0.39 is 0 Å². The summed E-state index contributed by atoms with van der Waals surface area (Å²) in [6, 6.07) is 17.4. The molecule has 0 saturated heterocycles. The Bertz CT molecular complexity index is 794. The topological polar surface area (TPSA) is 74.8 Å². The Morgan fingerprint density at radius 3 is 2.52 bits per heavy atom. The van der Waals surface area contributed by atoms with Gasteiger partial charge in [-0.1, -0.05) is 36.4 Å². The van der Waals surface area contributed by atoms with Crippen LogP contribution in [0.4, 0.5) is 5.69 Å². The van der Waals surface area contributed by atoms with Crippen LogP contribution in [0.5, 0.6) is 5.75 Å². The summed E-state index contributed by atoms with van der Waals surface area (Å²) >= 11 is 0. The van der Waals surface area contributed by atoms with Gasteiger partial charge >= 0.3 is 0 Å². The van der Waals surface area contributed by atoms with Crippen LogP contribution in [0, 0.1) is 5.92 Å². The van der Waals surface area contributed by atoms with Crippen molar-refractivity contribution in [3.05, 3.63) is 60.2 Å². The first-order valence-electron chi connectivity index (χ1n) is 9.82. The van der Waals surface area contributed by atoms with Crippen molar-refractivity contribution in [3.63, 3.8) is 0 Å². The van der Waals surface area contributed by atoms with Crippen molar-refractivity contribution in [3.8, 4) is 5.75 Å². The predicted octanol–water partition coefficient (Wildman–Crippen LogP) is 3.79. The number of ether oxygens (including phenoxy) is 1. The molecule has 0 unspecified atom stereocenters.